The quantitative estimate of drug-likeness (QED) is 0.486. The van der Waals surface area contributed by atoms with Crippen LogP contribution in [0.5, 0.6) is 0 Å². The van der Waals surface area contributed by atoms with Gasteiger partial charge >= 0.3 is 0 Å². The van der Waals surface area contributed by atoms with E-state index in [2.05, 4.69) is 51.6 Å². The molecule has 0 spiro atoms. The molecule has 0 saturated heterocycles. The van der Waals surface area contributed by atoms with Crippen LogP contribution in [0.3, 0.4) is 0 Å². The smallest absolute Gasteiger partial charge is 0.261 e. The molecule has 1 aromatic heterocycles. The van der Waals surface area contributed by atoms with Crippen LogP contribution in [0.1, 0.15) is 44.3 Å². The second kappa shape index (κ2) is 8.43. The van der Waals surface area contributed by atoms with E-state index in [0.717, 1.165) is 47.5 Å². The Morgan fingerprint density at radius 3 is 2.21 bits per heavy atom. The number of aromatic amines is 1. The third kappa shape index (κ3) is 3.64. The molecule has 0 bridgehead atoms. The molecule has 0 saturated carbocycles. The van der Waals surface area contributed by atoms with Crippen LogP contribution in [0.2, 0.25) is 0 Å². The van der Waals surface area contributed by atoms with E-state index in [9.17, 15) is 9.59 Å². The van der Waals surface area contributed by atoms with E-state index >= 15 is 0 Å². The highest BCUT2D eigenvalue weighted by Gasteiger charge is 2.30. The van der Waals surface area contributed by atoms with Gasteiger partial charge in [0.15, 0.2) is 0 Å². The van der Waals surface area contributed by atoms with E-state index in [1.165, 1.54) is 11.1 Å². The minimum absolute atomic E-state index is 0.134. The molecule has 1 aliphatic carbocycles. The lowest BCUT2D eigenvalue weighted by Crippen LogP contribution is -2.34. The van der Waals surface area contributed by atoms with Gasteiger partial charge in [-0.25, -0.2) is 0 Å². The molecule has 0 radical (unpaired) electrons. The zero-order chi connectivity index (χ0) is 23.1. The summed E-state index contributed by atoms with van der Waals surface area (Å²) < 4.78 is 0. The number of nitrogens with zero attached hydrogens (tertiary/aromatic N) is 1. The van der Waals surface area contributed by atoms with Crippen LogP contribution >= 0.6 is 0 Å². The second-order valence-electron chi connectivity index (χ2n) is 9.04. The molecule has 1 aliphatic heterocycles. The SMILES string of the molecule is O=C(NC1c2ccccc2-c2ccccc21)c1ccc(CN2CCc3ccccc3C2)[nH]c1=O. The molecular weight excluding hydrogens is 422 g/mol. The van der Waals surface area contributed by atoms with Crippen molar-refractivity contribution in [3.8, 4) is 11.1 Å². The molecule has 5 heteroatoms. The molecule has 2 heterocycles. The highest BCUT2D eigenvalue weighted by atomic mass is 16.2. The summed E-state index contributed by atoms with van der Waals surface area (Å²) in [4.78, 5) is 31.2. The maximum absolute atomic E-state index is 13.1. The number of amides is 1. The number of hydrogen-bond donors (Lipinski definition) is 2. The Morgan fingerprint density at radius 1 is 0.853 bits per heavy atom. The van der Waals surface area contributed by atoms with Crippen LogP contribution in [0.15, 0.2) is 89.7 Å². The standard InChI is InChI=1S/C29H25N3O2/c33-28-26(14-13-21(30-28)18-32-16-15-19-7-1-2-8-20(19)17-32)29(34)31-27-24-11-5-3-9-22(24)23-10-4-6-12-25(23)27/h1-14,27H,15-18H2,(H,30,33)(H,31,34). The third-order valence-corrected chi connectivity index (χ3v) is 6.93. The Bertz CT molecular complexity index is 1410. The zero-order valence-corrected chi connectivity index (χ0v) is 18.8. The molecule has 4 aromatic rings. The molecule has 0 atom stereocenters. The summed E-state index contributed by atoms with van der Waals surface area (Å²) in [5.74, 6) is -0.365. The highest BCUT2D eigenvalue weighted by Crippen LogP contribution is 2.43. The molecule has 5 nitrogen and oxygen atoms in total. The second-order valence-corrected chi connectivity index (χ2v) is 9.04. The number of carbonyl (C=O) groups excluding carboxylic acids is 1. The van der Waals surface area contributed by atoms with Crippen LogP contribution < -0.4 is 10.9 Å². The van der Waals surface area contributed by atoms with Gasteiger partial charge in [0, 0.05) is 25.3 Å². The predicted molar refractivity (Wildman–Crippen MR) is 133 cm³/mol. The lowest BCUT2D eigenvalue weighted by molar-refractivity contribution is 0.0942. The summed E-state index contributed by atoms with van der Waals surface area (Å²) in [6.07, 6.45) is 1.01. The Hall–Kier alpha value is -3.96. The largest absolute Gasteiger partial charge is 0.341 e. The first-order valence-corrected chi connectivity index (χ1v) is 11.7. The molecule has 0 fully saturated rings. The van der Waals surface area contributed by atoms with Crippen molar-refractivity contribution in [1.82, 2.24) is 15.2 Å². The number of hydrogen-bond acceptors (Lipinski definition) is 3. The Balaban J connectivity index is 1.20. The maximum atomic E-state index is 13.1. The number of carbonyl (C=O) groups is 1. The van der Waals surface area contributed by atoms with Crippen LogP contribution in [0.4, 0.5) is 0 Å². The van der Waals surface area contributed by atoms with Gasteiger partial charge in [-0.3, -0.25) is 14.5 Å². The minimum atomic E-state index is -0.365. The Labute approximate surface area is 198 Å². The van der Waals surface area contributed by atoms with Crippen LogP contribution in [0.25, 0.3) is 11.1 Å². The molecule has 0 unspecified atom stereocenters. The van der Waals surface area contributed by atoms with Gasteiger partial charge in [0.25, 0.3) is 11.5 Å². The van der Waals surface area contributed by atoms with Crippen molar-refractivity contribution in [3.05, 3.63) is 129 Å². The van der Waals surface area contributed by atoms with Crippen molar-refractivity contribution in [3.63, 3.8) is 0 Å². The van der Waals surface area contributed by atoms with Crippen molar-refractivity contribution in [1.29, 1.82) is 0 Å². The number of nitrogens with one attached hydrogen (secondary N) is 2. The number of fused-ring (bicyclic) bond motifs is 4. The van der Waals surface area contributed by atoms with Gasteiger partial charge in [0.2, 0.25) is 0 Å². The van der Waals surface area contributed by atoms with E-state index < -0.39 is 0 Å². The van der Waals surface area contributed by atoms with Crippen molar-refractivity contribution in [2.45, 2.75) is 25.6 Å². The average molecular weight is 448 g/mol. The predicted octanol–water partition coefficient (Wildman–Crippen LogP) is 4.43. The van der Waals surface area contributed by atoms with Gasteiger partial charge in [0.1, 0.15) is 5.56 Å². The fraction of sp³-hybridized carbons (Fsp3) is 0.172. The summed E-state index contributed by atoms with van der Waals surface area (Å²) >= 11 is 0. The first kappa shape index (κ1) is 20.6. The number of pyridine rings is 1. The summed E-state index contributed by atoms with van der Waals surface area (Å²) in [6.45, 7) is 2.46. The molecule has 168 valence electrons. The zero-order valence-electron chi connectivity index (χ0n) is 18.8. The number of rotatable bonds is 4. The van der Waals surface area contributed by atoms with E-state index in [1.807, 2.05) is 42.5 Å². The van der Waals surface area contributed by atoms with E-state index in [-0.39, 0.29) is 23.1 Å². The van der Waals surface area contributed by atoms with Gasteiger partial charge < -0.3 is 10.3 Å². The van der Waals surface area contributed by atoms with Crippen molar-refractivity contribution in [2.75, 3.05) is 6.54 Å². The van der Waals surface area contributed by atoms with E-state index in [4.69, 9.17) is 0 Å². The summed E-state index contributed by atoms with van der Waals surface area (Å²) in [5, 5.41) is 3.09. The van der Waals surface area contributed by atoms with Crippen LogP contribution in [0, 0.1) is 0 Å². The fourth-order valence-corrected chi connectivity index (χ4v) is 5.24. The van der Waals surface area contributed by atoms with Crippen molar-refractivity contribution in [2.24, 2.45) is 0 Å². The number of aromatic nitrogens is 1. The number of benzene rings is 3. The highest BCUT2D eigenvalue weighted by molar-refractivity contribution is 5.95. The first-order valence-electron chi connectivity index (χ1n) is 11.7. The topological polar surface area (TPSA) is 65.2 Å². The third-order valence-electron chi connectivity index (χ3n) is 6.93. The van der Waals surface area contributed by atoms with Gasteiger partial charge in [-0.2, -0.15) is 0 Å². The number of H-pyrrole nitrogens is 1. The lowest BCUT2D eigenvalue weighted by atomic mass is 10.00. The molecule has 2 aliphatic rings. The Morgan fingerprint density at radius 2 is 1.50 bits per heavy atom. The molecule has 34 heavy (non-hydrogen) atoms. The van der Waals surface area contributed by atoms with Crippen LogP contribution in [-0.2, 0) is 19.5 Å². The molecule has 2 N–H and O–H groups in total. The van der Waals surface area contributed by atoms with Gasteiger partial charge in [0.05, 0.1) is 6.04 Å². The van der Waals surface area contributed by atoms with Crippen LogP contribution in [-0.4, -0.2) is 22.3 Å². The normalized spacial score (nSPS) is 14.8. The minimum Gasteiger partial charge on any atom is -0.341 e. The Kier molecular flexibility index (Phi) is 5.12. The molecular formula is C29H25N3O2. The maximum Gasteiger partial charge on any atom is 0.261 e. The van der Waals surface area contributed by atoms with E-state index in [1.54, 1.807) is 6.07 Å². The summed E-state index contributed by atoms with van der Waals surface area (Å²) in [7, 11) is 0. The van der Waals surface area contributed by atoms with Crippen molar-refractivity contribution < 1.29 is 4.79 Å². The average Bonchev–Trinajstić information content (AvgIpc) is 3.18. The summed E-state index contributed by atoms with van der Waals surface area (Å²) in [6, 6.07) is 27.9. The van der Waals surface area contributed by atoms with Gasteiger partial charge in [-0.1, -0.05) is 72.8 Å². The molecule has 1 amide bonds. The van der Waals surface area contributed by atoms with E-state index in [0.29, 0.717) is 6.54 Å². The van der Waals surface area contributed by atoms with Gasteiger partial charge in [-0.15, -0.1) is 0 Å². The lowest BCUT2D eigenvalue weighted by Gasteiger charge is -2.28. The summed E-state index contributed by atoms with van der Waals surface area (Å²) in [5.41, 5.74) is 7.68. The fourth-order valence-electron chi connectivity index (χ4n) is 5.24. The molecule has 3 aromatic carbocycles. The monoisotopic (exact) mass is 447 g/mol. The first-order chi connectivity index (χ1) is 16.7. The van der Waals surface area contributed by atoms with Gasteiger partial charge in [-0.05, 0) is 51.9 Å². The van der Waals surface area contributed by atoms with Crippen molar-refractivity contribution >= 4 is 5.91 Å². The molecule has 6 rings (SSSR count).